The van der Waals surface area contributed by atoms with E-state index in [-0.39, 0.29) is 5.03 Å². The van der Waals surface area contributed by atoms with Crippen molar-refractivity contribution in [3.05, 3.63) is 41.6 Å². The Morgan fingerprint density at radius 3 is 2.52 bits per heavy atom. The van der Waals surface area contributed by atoms with E-state index in [1.165, 1.54) is 16.6 Å². The van der Waals surface area contributed by atoms with Gasteiger partial charge in [-0.2, -0.15) is 9.40 Å². The topological polar surface area (TPSA) is 69.3 Å². The van der Waals surface area contributed by atoms with Crippen molar-refractivity contribution in [2.24, 2.45) is 0 Å². The molecule has 2 heterocycles. The number of nitrogens with one attached hydrogen (secondary N) is 1. The van der Waals surface area contributed by atoms with Gasteiger partial charge in [0, 0.05) is 36.9 Å². The van der Waals surface area contributed by atoms with Crippen LogP contribution in [0.25, 0.3) is 0 Å². The molecule has 1 aliphatic rings. The van der Waals surface area contributed by atoms with Gasteiger partial charge in [-0.25, -0.2) is 8.42 Å². The molecule has 0 spiro atoms. The highest BCUT2D eigenvalue weighted by atomic mass is 35.5. The average molecular weight is 327 g/mol. The highest BCUT2D eigenvalue weighted by Gasteiger charge is 2.29. The molecule has 3 rings (SSSR count). The molecule has 1 fully saturated rings. The van der Waals surface area contributed by atoms with E-state index >= 15 is 0 Å². The van der Waals surface area contributed by atoms with Crippen LogP contribution in [0, 0.1) is 0 Å². The third kappa shape index (κ3) is 2.90. The molecule has 6 nitrogen and oxygen atoms in total. The standard InChI is InChI=1S/C13H15ClN4O2S/c14-11-2-1-3-12(10-11)17-6-8-18(9-7-17)21(19,20)13-4-5-15-16-13/h1-5,10H,6-9H2,(H,15,16). The predicted molar refractivity (Wildman–Crippen MR) is 81.0 cm³/mol. The summed E-state index contributed by atoms with van der Waals surface area (Å²) < 4.78 is 26.2. The molecule has 2 aromatic rings. The summed E-state index contributed by atoms with van der Waals surface area (Å²) >= 11 is 5.99. The molecule has 1 aromatic carbocycles. The molecule has 112 valence electrons. The maximum atomic E-state index is 12.4. The van der Waals surface area contributed by atoms with Crippen LogP contribution in [-0.2, 0) is 10.0 Å². The van der Waals surface area contributed by atoms with Gasteiger partial charge in [0.05, 0.1) is 6.20 Å². The van der Waals surface area contributed by atoms with Gasteiger partial charge < -0.3 is 4.90 Å². The third-order valence-electron chi connectivity index (χ3n) is 3.50. The number of piperazine rings is 1. The molecule has 0 aliphatic carbocycles. The number of hydrogen-bond acceptors (Lipinski definition) is 4. The molecule has 0 atom stereocenters. The molecule has 0 amide bonds. The molecule has 1 saturated heterocycles. The summed E-state index contributed by atoms with van der Waals surface area (Å²) in [5.74, 6) is 0. The summed E-state index contributed by atoms with van der Waals surface area (Å²) in [7, 11) is -3.47. The minimum absolute atomic E-state index is 0.138. The summed E-state index contributed by atoms with van der Waals surface area (Å²) in [5.41, 5.74) is 1.01. The summed E-state index contributed by atoms with van der Waals surface area (Å²) in [5, 5.41) is 7.03. The SMILES string of the molecule is O=S(=O)(c1ccn[nH]1)N1CCN(c2cccc(Cl)c2)CC1. The first kappa shape index (κ1) is 14.4. The Hall–Kier alpha value is -1.57. The molecular weight excluding hydrogens is 312 g/mol. The molecule has 8 heteroatoms. The van der Waals surface area contributed by atoms with Gasteiger partial charge in [0.1, 0.15) is 0 Å². The molecule has 1 N–H and O–H groups in total. The van der Waals surface area contributed by atoms with E-state index < -0.39 is 10.0 Å². The van der Waals surface area contributed by atoms with Crippen molar-refractivity contribution in [1.29, 1.82) is 0 Å². The Balaban J connectivity index is 1.71. The Morgan fingerprint density at radius 1 is 1.14 bits per heavy atom. The number of aromatic nitrogens is 2. The molecule has 0 radical (unpaired) electrons. The van der Waals surface area contributed by atoms with Gasteiger partial charge in [-0.05, 0) is 24.3 Å². The van der Waals surface area contributed by atoms with E-state index in [0.717, 1.165) is 5.69 Å². The lowest BCUT2D eigenvalue weighted by molar-refractivity contribution is 0.383. The maximum absolute atomic E-state index is 12.4. The van der Waals surface area contributed by atoms with Crippen molar-refractivity contribution in [3.63, 3.8) is 0 Å². The lowest BCUT2D eigenvalue weighted by Gasteiger charge is -2.35. The minimum atomic E-state index is -3.47. The lowest BCUT2D eigenvalue weighted by atomic mass is 10.2. The van der Waals surface area contributed by atoms with Crippen LogP contribution < -0.4 is 4.90 Å². The van der Waals surface area contributed by atoms with Crippen LogP contribution in [0.3, 0.4) is 0 Å². The highest BCUT2D eigenvalue weighted by Crippen LogP contribution is 2.22. The van der Waals surface area contributed by atoms with Gasteiger partial charge in [0.15, 0.2) is 5.03 Å². The number of benzene rings is 1. The number of aromatic amines is 1. The minimum Gasteiger partial charge on any atom is -0.369 e. The number of rotatable bonds is 3. The molecule has 21 heavy (non-hydrogen) atoms. The van der Waals surface area contributed by atoms with Crippen molar-refractivity contribution < 1.29 is 8.42 Å². The first-order valence-electron chi connectivity index (χ1n) is 6.57. The number of hydrogen-bond donors (Lipinski definition) is 1. The monoisotopic (exact) mass is 326 g/mol. The lowest BCUT2D eigenvalue weighted by Crippen LogP contribution is -2.48. The van der Waals surface area contributed by atoms with Crippen LogP contribution in [0.2, 0.25) is 5.02 Å². The van der Waals surface area contributed by atoms with E-state index in [9.17, 15) is 8.42 Å². The molecule has 1 aromatic heterocycles. The smallest absolute Gasteiger partial charge is 0.260 e. The zero-order valence-corrected chi connectivity index (χ0v) is 12.8. The molecule has 0 unspecified atom stereocenters. The fraction of sp³-hybridized carbons (Fsp3) is 0.308. The second-order valence-electron chi connectivity index (χ2n) is 4.79. The van der Waals surface area contributed by atoms with Crippen LogP contribution in [0.15, 0.2) is 41.6 Å². The average Bonchev–Trinajstić information content (AvgIpc) is 3.02. The summed E-state index contributed by atoms with van der Waals surface area (Å²) in [6, 6.07) is 9.06. The molecular formula is C13H15ClN4O2S. The van der Waals surface area contributed by atoms with E-state index in [0.29, 0.717) is 31.2 Å². The van der Waals surface area contributed by atoms with Crippen molar-refractivity contribution in [2.45, 2.75) is 5.03 Å². The van der Waals surface area contributed by atoms with Gasteiger partial charge in [0.25, 0.3) is 10.0 Å². The van der Waals surface area contributed by atoms with Crippen molar-refractivity contribution in [2.75, 3.05) is 31.1 Å². The van der Waals surface area contributed by atoms with Gasteiger partial charge in [0.2, 0.25) is 0 Å². The summed E-state index contributed by atoms with van der Waals surface area (Å²) in [4.78, 5) is 2.13. The number of H-pyrrole nitrogens is 1. The third-order valence-corrected chi connectivity index (χ3v) is 5.57. The first-order chi connectivity index (χ1) is 10.1. The number of sulfonamides is 1. The van der Waals surface area contributed by atoms with E-state index in [4.69, 9.17) is 11.6 Å². The van der Waals surface area contributed by atoms with Crippen LogP contribution in [0.1, 0.15) is 0 Å². The summed E-state index contributed by atoms with van der Waals surface area (Å²) in [6.07, 6.45) is 1.44. The van der Waals surface area contributed by atoms with Crippen molar-refractivity contribution in [1.82, 2.24) is 14.5 Å². The van der Waals surface area contributed by atoms with Crippen molar-refractivity contribution >= 4 is 27.3 Å². The Bertz CT molecular complexity index is 710. The zero-order chi connectivity index (χ0) is 14.9. The Labute approximate surface area is 128 Å². The Kier molecular flexibility index (Phi) is 3.88. The summed E-state index contributed by atoms with van der Waals surface area (Å²) in [6.45, 7) is 2.14. The quantitative estimate of drug-likeness (QED) is 0.929. The fourth-order valence-corrected chi connectivity index (χ4v) is 3.89. The highest BCUT2D eigenvalue weighted by molar-refractivity contribution is 7.89. The van der Waals surface area contributed by atoms with Crippen LogP contribution in [-0.4, -0.2) is 49.1 Å². The maximum Gasteiger partial charge on any atom is 0.260 e. The van der Waals surface area contributed by atoms with Crippen molar-refractivity contribution in [3.8, 4) is 0 Å². The predicted octanol–water partition coefficient (Wildman–Crippen LogP) is 1.57. The van der Waals surface area contributed by atoms with Gasteiger partial charge in [-0.15, -0.1) is 0 Å². The molecule has 0 saturated carbocycles. The normalized spacial score (nSPS) is 17.1. The number of anilines is 1. The van der Waals surface area contributed by atoms with E-state index in [1.807, 2.05) is 24.3 Å². The Morgan fingerprint density at radius 2 is 1.90 bits per heavy atom. The van der Waals surface area contributed by atoms with Crippen LogP contribution >= 0.6 is 11.6 Å². The largest absolute Gasteiger partial charge is 0.369 e. The first-order valence-corrected chi connectivity index (χ1v) is 8.39. The van der Waals surface area contributed by atoms with E-state index in [2.05, 4.69) is 15.1 Å². The number of nitrogens with zero attached hydrogens (tertiary/aromatic N) is 3. The molecule has 0 bridgehead atoms. The van der Waals surface area contributed by atoms with Gasteiger partial charge in [-0.1, -0.05) is 17.7 Å². The van der Waals surface area contributed by atoms with E-state index in [1.54, 1.807) is 0 Å². The van der Waals surface area contributed by atoms with Gasteiger partial charge >= 0.3 is 0 Å². The number of halogens is 1. The second kappa shape index (κ2) is 5.67. The van der Waals surface area contributed by atoms with Crippen LogP contribution in [0.5, 0.6) is 0 Å². The molecule has 1 aliphatic heterocycles. The zero-order valence-electron chi connectivity index (χ0n) is 11.2. The van der Waals surface area contributed by atoms with Gasteiger partial charge in [-0.3, -0.25) is 5.10 Å². The second-order valence-corrected chi connectivity index (χ2v) is 7.13. The van der Waals surface area contributed by atoms with Crippen LogP contribution in [0.4, 0.5) is 5.69 Å². The fourth-order valence-electron chi connectivity index (χ4n) is 2.39.